The van der Waals surface area contributed by atoms with E-state index in [0.717, 1.165) is 0 Å². The number of primary amides is 1. The number of nitro groups is 1. The zero-order valence-corrected chi connectivity index (χ0v) is 15.3. The van der Waals surface area contributed by atoms with Gasteiger partial charge in [-0.15, -0.1) is 0 Å². The van der Waals surface area contributed by atoms with Gasteiger partial charge in [-0.1, -0.05) is 5.16 Å². The van der Waals surface area contributed by atoms with Gasteiger partial charge in [-0.25, -0.2) is 0 Å². The molecule has 28 heavy (non-hydrogen) atoms. The molecule has 2 aromatic heterocycles. The number of aromatic nitrogens is 4. The maximum atomic E-state index is 11.1. The van der Waals surface area contributed by atoms with Gasteiger partial charge in [0.15, 0.2) is 6.61 Å². The molecule has 3 aromatic rings. The molecule has 3 rings (SSSR count). The summed E-state index contributed by atoms with van der Waals surface area (Å²) in [6.07, 6.45) is 0.381. The summed E-state index contributed by atoms with van der Waals surface area (Å²) in [6, 6.07) is 6.80. The van der Waals surface area contributed by atoms with Crippen molar-refractivity contribution in [3.05, 3.63) is 51.7 Å². The molecule has 2 N–H and O–H groups in total. The molecule has 0 saturated carbocycles. The third-order valence-electron chi connectivity index (χ3n) is 4.03. The van der Waals surface area contributed by atoms with Crippen LogP contribution < -0.4 is 10.5 Å². The Morgan fingerprint density at radius 2 is 2.04 bits per heavy atom. The lowest BCUT2D eigenvalue weighted by Crippen LogP contribution is -2.19. The van der Waals surface area contributed by atoms with Gasteiger partial charge in [-0.2, -0.15) is 10.1 Å². The number of aryl methyl sites for hydroxylation is 3. The second-order valence-electron chi connectivity index (χ2n) is 6.04. The van der Waals surface area contributed by atoms with Crippen LogP contribution in [-0.4, -0.2) is 37.4 Å². The molecular weight excluding hydrogens is 368 g/mol. The highest BCUT2D eigenvalue weighted by molar-refractivity contribution is 5.75. The van der Waals surface area contributed by atoms with Crippen molar-refractivity contribution in [1.82, 2.24) is 19.9 Å². The Balaban J connectivity index is 1.65. The Bertz CT molecular complexity index is 1010. The zero-order chi connectivity index (χ0) is 20.3. The smallest absolute Gasteiger partial charge is 0.312 e. The highest BCUT2D eigenvalue weighted by Crippen LogP contribution is 2.23. The molecule has 1 amide bonds. The standard InChI is InChI=1S/C17H18N6O5/c1-10-16(23(25)26)11(2)22(20-10)8-7-15-19-17(21-28-15)12-3-5-13(6-4-12)27-9-14(18)24/h3-6H,7-9H2,1-2H3,(H2,18,24). The van der Waals surface area contributed by atoms with E-state index in [-0.39, 0.29) is 12.3 Å². The molecule has 2 heterocycles. The van der Waals surface area contributed by atoms with Gasteiger partial charge >= 0.3 is 5.69 Å². The van der Waals surface area contributed by atoms with Gasteiger partial charge in [0.05, 0.1) is 11.5 Å². The lowest BCUT2D eigenvalue weighted by atomic mass is 10.2. The maximum absolute atomic E-state index is 11.1. The molecule has 0 bridgehead atoms. The zero-order valence-electron chi connectivity index (χ0n) is 15.3. The maximum Gasteiger partial charge on any atom is 0.312 e. The number of carbonyl (C=O) groups is 1. The van der Waals surface area contributed by atoms with Gasteiger partial charge in [0.2, 0.25) is 11.7 Å². The summed E-state index contributed by atoms with van der Waals surface area (Å²) in [4.78, 5) is 25.7. The Labute approximate surface area is 159 Å². The van der Waals surface area contributed by atoms with Crippen LogP contribution in [0.25, 0.3) is 11.4 Å². The predicted molar refractivity (Wildman–Crippen MR) is 96.5 cm³/mol. The monoisotopic (exact) mass is 386 g/mol. The van der Waals surface area contributed by atoms with Crippen LogP contribution in [0.15, 0.2) is 28.8 Å². The van der Waals surface area contributed by atoms with E-state index >= 15 is 0 Å². The fraction of sp³-hybridized carbons (Fsp3) is 0.294. The first-order chi connectivity index (χ1) is 13.3. The first kappa shape index (κ1) is 19.0. The molecule has 11 nitrogen and oxygen atoms in total. The Morgan fingerprint density at radius 3 is 2.64 bits per heavy atom. The number of benzene rings is 1. The van der Waals surface area contributed by atoms with Crippen molar-refractivity contribution in [2.75, 3.05) is 6.61 Å². The van der Waals surface area contributed by atoms with Gasteiger partial charge in [0.1, 0.15) is 17.1 Å². The van der Waals surface area contributed by atoms with E-state index in [2.05, 4.69) is 15.2 Å². The van der Waals surface area contributed by atoms with E-state index in [1.165, 1.54) is 0 Å². The van der Waals surface area contributed by atoms with Crippen LogP contribution in [-0.2, 0) is 17.8 Å². The molecule has 0 spiro atoms. The first-order valence-electron chi connectivity index (χ1n) is 8.37. The van der Waals surface area contributed by atoms with Gasteiger partial charge in [-0.3, -0.25) is 19.6 Å². The van der Waals surface area contributed by atoms with Crippen LogP contribution >= 0.6 is 0 Å². The molecular formula is C17H18N6O5. The highest BCUT2D eigenvalue weighted by atomic mass is 16.6. The molecule has 0 aliphatic rings. The Hall–Kier alpha value is -3.76. The van der Waals surface area contributed by atoms with E-state index in [1.807, 2.05) is 0 Å². The van der Waals surface area contributed by atoms with Gasteiger partial charge in [0.25, 0.3) is 5.91 Å². The third-order valence-corrected chi connectivity index (χ3v) is 4.03. The topological polar surface area (TPSA) is 152 Å². The number of rotatable bonds is 8. The normalized spacial score (nSPS) is 10.8. The van der Waals surface area contributed by atoms with Crippen LogP contribution in [0.3, 0.4) is 0 Å². The van der Waals surface area contributed by atoms with Crippen LogP contribution in [0.2, 0.25) is 0 Å². The number of nitrogens with zero attached hydrogens (tertiary/aromatic N) is 5. The summed E-state index contributed by atoms with van der Waals surface area (Å²) in [5.74, 6) is 0.729. The molecule has 0 unspecified atom stereocenters. The summed E-state index contributed by atoms with van der Waals surface area (Å²) in [5.41, 5.74) is 6.61. The first-order valence-corrected chi connectivity index (χ1v) is 8.37. The lowest BCUT2D eigenvalue weighted by molar-refractivity contribution is -0.386. The van der Waals surface area contributed by atoms with E-state index < -0.39 is 10.8 Å². The number of hydrogen-bond acceptors (Lipinski definition) is 8. The molecule has 0 aliphatic carbocycles. The van der Waals surface area contributed by atoms with Crippen molar-refractivity contribution in [2.45, 2.75) is 26.8 Å². The minimum atomic E-state index is -0.556. The quantitative estimate of drug-likeness (QED) is 0.452. The van der Waals surface area contributed by atoms with Gasteiger partial charge in [-0.05, 0) is 38.1 Å². The minimum Gasteiger partial charge on any atom is -0.484 e. The van der Waals surface area contributed by atoms with E-state index in [1.54, 1.807) is 42.8 Å². The SMILES string of the molecule is Cc1nn(CCc2nc(-c3ccc(OCC(N)=O)cc3)no2)c(C)c1[N+](=O)[O-]. The van der Waals surface area contributed by atoms with Crippen LogP contribution in [0, 0.1) is 24.0 Å². The number of amides is 1. The van der Waals surface area contributed by atoms with E-state index in [0.29, 0.717) is 47.4 Å². The predicted octanol–water partition coefficient (Wildman–Crippen LogP) is 1.56. The van der Waals surface area contributed by atoms with E-state index in [4.69, 9.17) is 15.0 Å². The van der Waals surface area contributed by atoms with Crippen molar-refractivity contribution in [1.29, 1.82) is 0 Å². The second-order valence-corrected chi connectivity index (χ2v) is 6.04. The number of ether oxygens (including phenoxy) is 1. The molecule has 0 fully saturated rings. The lowest BCUT2D eigenvalue weighted by Gasteiger charge is -2.03. The van der Waals surface area contributed by atoms with E-state index in [9.17, 15) is 14.9 Å². The van der Waals surface area contributed by atoms with Crippen LogP contribution in [0.1, 0.15) is 17.3 Å². The minimum absolute atomic E-state index is 0.0184. The molecule has 11 heteroatoms. The number of nitrogens with two attached hydrogens (primary N) is 1. The molecule has 0 radical (unpaired) electrons. The average Bonchev–Trinajstić information content (AvgIpc) is 3.23. The van der Waals surface area contributed by atoms with Gasteiger partial charge < -0.3 is 15.0 Å². The van der Waals surface area contributed by atoms with Crippen molar-refractivity contribution in [2.24, 2.45) is 5.73 Å². The second kappa shape index (κ2) is 7.86. The summed E-state index contributed by atoms with van der Waals surface area (Å²) in [7, 11) is 0. The van der Waals surface area contributed by atoms with Crippen molar-refractivity contribution < 1.29 is 19.0 Å². The summed E-state index contributed by atoms with van der Waals surface area (Å²) >= 11 is 0. The van der Waals surface area contributed by atoms with Crippen molar-refractivity contribution in [3.63, 3.8) is 0 Å². The van der Waals surface area contributed by atoms with Crippen LogP contribution in [0.4, 0.5) is 5.69 Å². The molecule has 0 aliphatic heterocycles. The summed E-state index contributed by atoms with van der Waals surface area (Å²) < 4.78 is 12.0. The summed E-state index contributed by atoms with van der Waals surface area (Å²) in [6.45, 7) is 3.43. The van der Waals surface area contributed by atoms with Crippen molar-refractivity contribution in [3.8, 4) is 17.1 Å². The average molecular weight is 386 g/mol. The molecule has 146 valence electrons. The fourth-order valence-electron chi connectivity index (χ4n) is 2.70. The molecule has 0 saturated heterocycles. The van der Waals surface area contributed by atoms with Gasteiger partial charge in [0, 0.05) is 12.0 Å². The third kappa shape index (κ3) is 4.14. The Morgan fingerprint density at radius 1 is 1.32 bits per heavy atom. The Kier molecular flexibility index (Phi) is 5.34. The molecule has 1 aromatic carbocycles. The molecule has 0 atom stereocenters. The largest absolute Gasteiger partial charge is 0.484 e. The fourth-order valence-corrected chi connectivity index (χ4v) is 2.70. The number of carbonyl (C=O) groups excluding carboxylic acids is 1. The summed E-state index contributed by atoms with van der Waals surface area (Å²) in [5, 5.41) is 19.2. The number of hydrogen-bond donors (Lipinski definition) is 1. The highest BCUT2D eigenvalue weighted by Gasteiger charge is 2.22. The van der Waals surface area contributed by atoms with Crippen LogP contribution in [0.5, 0.6) is 5.75 Å². The van der Waals surface area contributed by atoms with Crippen molar-refractivity contribution >= 4 is 11.6 Å².